The van der Waals surface area contributed by atoms with Crippen molar-refractivity contribution in [1.82, 2.24) is 24.5 Å². The average molecular weight is 402 g/mol. The molecule has 0 atom stereocenters. The van der Waals surface area contributed by atoms with Gasteiger partial charge in [0.25, 0.3) is 0 Å². The number of aryl methyl sites for hydroxylation is 1. The molecule has 25 heavy (non-hydrogen) atoms. The molecule has 0 radical (unpaired) electrons. The number of rotatable bonds is 3. The molecule has 1 aromatic carbocycles. The number of hydrogen-bond acceptors (Lipinski definition) is 5. The van der Waals surface area contributed by atoms with E-state index in [0.29, 0.717) is 24.1 Å². The summed E-state index contributed by atoms with van der Waals surface area (Å²) < 4.78 is 8.95. The molecule has 3 heterocycles. The maximum atomic E-state index is 12.3. The second-order valence-electron chi connectivity index (χ2n) is 5.83. The van der Waals surface area contributed by atoms with Gasteiger partial charge in [-0.25, -0.2) is 14.5 Å². The zero-order chi connectivity index (χ0) is 17.6. The van der Waals surface area contributed by atoms with Crippen LogP contribution >= 0.6 is 15.9 Å². The molecule has 0 unspecified atom stereocenters. The summed E-state index contributed by atoms with van der Waals surface area (Å²) in [5, 5.41) is 9.19. The molecule has 0 N–H and O–H groups in total. The van der Waals surface area contributed by atoms with Crippen LogP contribution < -0.4 is 0 Å². The number of imidazole rings is 1. The minimum Gasteiger partial charge on any atom is -0.461 e. The minimum atomic E-state index is -0.411. The maximum absolute atomic E-state index is 12.3. The Kier molecular flexibility index (Phi) is 3.91. The molecule has 0 saturated carbocycles. The highest BCUT2D eigenvalue weighted by Crippen LogP contribution is 2.31. The van der Waals surface area contributed by atoms with Crippen LogP contribution in [0.2, 0.25) is 0 Å². The molecular weight excluding hydrogens is 386 g/mol. The molecule has 8 heteroatoms. The SMILES string of the molecule is CCOC(=O)c1ncn2c1Cc1c(CBr)nnn1-c1cc(C)ccc1-2. The van der Waals surface area contributed by atoms with Gasteiger partial charge in [-0.1, -0.05) is 27.2 Å². The molecule has 0 amide bonds. The van der Waals surface area contributed by atoms with Crippen molar-refractivity contribution >= 4 is 21.9 Å². The summed E-state index contributed by atoms with van der Waals surface area (Å²) in [6.45, 7) is 4.13. The number of carbonyl (C=O) groups excluding carboxylic acids is 1. The number of fused-ring (bicyclic) bond motifs is 5. The second kappa shape index (κ2) is 6.11. The van der Waals surface area contributed by atoms with Crippen LogP contribution in [-0.2, 0) is 16.5 Å². The summed E-state index contributed by atoms with van der Waals surface area (Å²) in [5.41, 5.74) is 5.85. The van der Waals surface area contributed by atoms with Crippen LogP contribution in [0.25, 0.3) is 11.4 Å². The Bertz CT molecular complexity index is 976. The fourth-order valence-electron chi connectivity index (χ4n) is 3.09. The summed E-state index contributed by atoms with van der Waals surface area (Å²) in [6, 6.07) is 6.10. The van der Waals surface area contributed by atoms with Crippen molar-refractivity contribution in [2.75, 3.05) is 6.61 Å². The van der Waals surface area contributed by atoms with E-state index in [9.17, 15) is 4.79 Å². The van der Waals surface area contributed by atoms with Crippen LogP contribution in [0.15, 0.2) is 24.5 Å². The van der Waals surface area contributed by atoms with Crippen LogP contribution in [0.4, 0.5) is 0 Å². The van der Waals surface area contributed by atoms with E-state index in [2.05, 4.69) is 37.3 Å². The molecule has 0 saturated heterocycles. The molecule has 4 rings (SSSR count). The lowest BCUT2D eigenvalue weighted by atomic mass is 10.1. The Balaban J connectivity index is 1.99. The molecular formula is C17H16BrN5O2. The van der Waals surface area contributed by atoms with Gasteiger partial charge in [0.05, 0.1) is 35.1 Å². The largest absolute Gasteiger partial charge is 0.461 e. The Morgan fingerprint density at radius 1 is 1.32 bits per heavy atom. The predicted octanol–water partition coefficient (Wildman–Crippen LogP) is 2.74. The van der Waals surface area contributed by atoms with Gasteiger partial charge in [0.15, 0.2) is 5.69 Å². The Morgan fingerprint density at radius 3 is 2.92 bits per heavy atom. The number of nitrogens with zero attached hydrogens (tertiary/aromatic N) is 5. The van der Waals surface area contributed by atoms with Gasteiger partial charge >= 0.3 is 5.97 Å². The first-order valence-corrected chi connectivity index (χ1v) is 9.10. The van der Waals surface area contributed by atoms with Crippen molar-refractivity contribution in [1.29, 1.82) is 0 Å². The standard InChI is InChI=1S/C17H16BrN5O2/c1-3-25-17(24)16-15-7-13-11(8-18)20-21-23(13)14-6-10(2)4-5-12(14)22(15)9-19-16/h4-6,9H,3,7-8H2,1-2H3. The molecule has 1 aliphatic rings. The van der Waals surface area contributed by atoms with Crippen molar-refractivity contribution in [2.45, 2.75) is 25.6 Å². The lowest BCUT2D eigenvalue weighted by Gasteiger charge is -2.10. The molecule has 7 nitrogen and oxygen atoms in total. The van der Waals surface area contributed by atoms with E-state index < -0.39 is 5.97 Å². The van der Waals surface area contributed by atoms with Crippen molar-refractivity contribution in [3.05, 3.63) is 52.9 Å². The average Bonchev–Trinajstić information content (AvgIpc) is 3.17. The summed E-state index contributed by atoms with van der Waals surface area (Å²) in [5.74, 6) is -0.411. The van der Waals surface area contributed by atoms with E-state index in [1.165, 1.54) is 0 Å². The van der Waals surface area contributed by atoms with Gasteiger partial charge in [-0.05, 0) is 31.5 Å². The minimum absolute atomic E-state index is 0.313. The molecule has 3 aromatic rings. The molecule has 1 aliphatic heterocycles. The van der Waals surface area contributed by atoms with Gasteiger partial charge in [-0.3, -0.25) is 4.57 Å². The fraction of sp³-hybridized carbons (Fsp3) is 0.294. The van der Waals surface area contributed by atoms with Crippen LogP contribution in [0.1, 0.15) is 40.1 Å². The number of alkyl halides is 1. The molecule has 2 aromatic heterocycles. The van der Waals surface area contributed by atoms with Gasteiger partial charge in [0.1, 0.15) is 6.33 Å². The maximum Gasteiger partial charge on any atom is 0.358 e. The van der Waals surface area contributed by atoms with Crippen LogP contribution in [0, 0.1) is 6.92 Å². The molecule has 128 valence electrons. The van der Waals surface area contributed by atoms with Gasteiger partial charge in [-0.15, -0.1) is 5.10 Å². The topological polar surface area (TPSA) is 74.8 Å². The van der Waals surface area contributed by atoms with Gasteiger partial charge in [0, 0.05) is 11.8 Å². The van der Waals surface area contributed by atoms with Crippen LogP contribution in [-0.4, -0.2) is 37.1 Å². The van der Waals surface area contributed by atoms with E-state index in [-0.39, 0.29) is 0 Å². The third kappa shape index (κ3) is 2.48. The number of esters is 1. The quantitative estimate of drug-likeness (QED) is 0.389. The summed E-state index contributed by atoms with van der Waals surface area (Å²) in [7, 11) is 0. The van der Waals surface area contributed by atoms with Crippen molar-refractivity contribution < 1.29 is 9.53 Å². The number of halogens is 1. The summed E-state index contributed by atoms with van der Waals surface area (Å²) >= 11 is 3.47. The van der Waals surface area contributed by atoms with Crippen molar-refractivity contribution in [2.24, 2.45) is 0 Å². The Labute approximate surface area is 152 Å². The van der Waals surface area contributed by atoms with Crippen molar-refractivity contribution in [3.8, 4) is 11.4 Å². The highest BCUT2D eigenvalue weighted by molar-refractivity contribution is 9.08. The number of ether oxygens (including phenoxy) is 1. The molecule has 0 bridgehead atoms. The van der Waals surface area contributed by atoms with Gasteiger partial charge in [-0.2, -0.15) is 0 Å². The third-order valence-corrected chi connectivity index (χ3v) is 4.79. The zero-order valence-corrected chi connectivity index (χ0v) is 15.4. The van der Waals surface area contributed by atoms with E-state index in [1.54, 1.807) is 13.3 Å². The number of carbonyl (C=O) groups is 1. The highest BCUT2D eigenvalue weighted by Gasteiger charge is 2.28. The number of benzene rings is 1. The normalized spacial score (nSPS) is 12.1. The molecule has 0 fully saturated rings. The first-order valence-electron chi connectivity index (χ1n) is 7.98. The van der Waals surface area contributed by atoms with E-state index >= 15 is 0 Å². The first kappa shape index (κ1) is 16.0. The zero-order valence-electron chi connectivity index (χ0n) is 13.9. The monoisotopic (exact) mass is 401 g/mol. The number of aromatic nitrogens is 5. The van der Waals surface area contributed by atoms with E-state index in [0.717, 1.165) is 34.0 Å². The van der Waals surface area contributed by atoms with Gasteiger partial charge in [0.2, 0.25) is 0 Å². The second-order valence-corrected chi connectivity index (χ2v) is 6.39. The van der Waals surface area contributed by atoms with Crippen LogP contribution in [0.5, 0.6) is 0 Å². The van der Waals surface area contributed by atoms with E-state index in [4.69, 9.17) is 4.74 Å². The third-order valence-electron chi connectivity index (χ3n) is 4.26. The number of hydrogen-bond donors (Lipinski definition) is 0. The predicted molar refractivity (Wildman–Crippen MR) is 94.6 cm³/mol. The lowest BCUT2D eigenvalue weighted by Crippen LogP contribution is -2.10. The smallest absolute Gasteiger partial charge is 0.358 e. The molecule has 0 spiro atoms. The van der Waals surface area contributed by atoms with E-state index in [1.807, 2.05) is 28.3 Å². The van der Waals surface area contributed by atoms with Gasteiger partial charge < -0.3 is 4.74 Å². The van der Waals surface area contributed by atoms with Crippen LogP contribution in [0.3, 0.4) is 0 Å². The first-order chi connectivity index (χ1) is 12.1. The lowest BCUT2D eigenvalue weighted by molar-refractivity contribution is 0.0519. The van der Waals surface area contributed by atoms with Crippen molar-refractivity contribution in [3.63, 3.8) is 0 Å². The highest BCUT2D eigenvalue weighted by atomic mass is 79.9. The fourth-order valence-corrected chi connectivity index (χ4v) is 3.53. The Hall–Kier alpha value is -2.48. The Morgan fingerprint density at radius 2 is 2.16 bits per heavy atom. The summed E-state index contributed by atoms with van der Waals surface area (Å²) in [4.78, 5) is 16.6. The molecule has 0 aliphatic carbocycles. The summed E-state index contributed by atoms with van der Waals surface area (Å²) in [6.07, 6.45) is 2.17.